The summed E-state index contributed by atoms with van der Waals surface area (Å²) in [6.07, 6.45) is 5.82. The Morgan fingerprint density at radius 1 is 1.04 bits per heavy atom. The van der Waals surface area contributed by atoms with Gasteiger partial charge in [-0.2, -0.15) is 0 Å². The highest BCUT2D eigenvalue weighted by Gasteiger charge is 2.26. The summed E-state index contributed by atoms with van der Waals surface area (Å²) < 4.78 is 5.35. The predicted octanol–water partition coefficient (Wildman–Crippen LogP) is 4.47. The molecule has 1 aliphatic carbocycles. The largest absolute Gasteiger partial charge is 0.495 e. The Morgan fingerprint density at radius 2 is 1.72 bits per heavy atom. The summed E-state index contributed by atoms with van der Waals surface area (Å²) in [4.78, 5) is 15.0. The molecule has 1 saturated carbocycles. The summed E-state index contributed by atoms with van der Waals surface area (Å²) in [5.74, 6) is 0.850. The predicted molar refractivity (Wildman–Crippen MR) is 102 cm³/mol. The molecule has 4 heteroatoms. The molecule has 2 aromatic carbocycles. The number of methoxy groups -OCH3 is 1. The van der Waals surface area contributed by atoms with Gasteiger partial charge in [0.1, 0.15) is 5.75 Å². The van der Waals surface area contributed by atoms with E-state index >= 15 is 0 Å². The highest BCUT2D eigenvalue weighted by molar-refractivity contribution is 5.96. The average Bonchev–Trinajstić information content (AvgIpc) is 2.68. The van der Waals surface area contributed by atoms with Crippen molar-refractivity contribution in [2.45, 2.75) is 38.1 Å². The van der Waals surface area contributed by atoms with Crippen molar-refractivity contribution in [1.29, 1.82) is 0 Å². The van der Waals surface area contributed by atoms with Crippen LogP contribution in [0.1, 0.15) is 32.1 Å². The summed E-state index contributed by atoms with van der Waals surface area (Å²) in [5.41, 5.74) is 1.83. The van der Waals surface area contributed by atoms with Crippen LogP contribution in [0, 0.1) is 0 Å². The van der Waals surface area contributed by atoms with Gasteiger partial charge in [-0.25, -0.2) is 0 Å². The van der Waals surface area contributed by atoms with Crippen LogP contribution in [0.3, 0.4) is 0 Å². The average molecular weight is 338 g/mol. The number of carbonyl (C=O) groups is 1. The van der Waals surface area contributed by atoms with E-state index in [-0.39, 0.29) is 12.5 Å². The van der Waals surface area contributed by atoms with E-state index in [9.17, 15) is 4.79 Å². The van der Waals surface area contributed by atoms with E-state index in [0.717, 1.165) is 30.0 Å². The highest BCUT2D eigenvalue weighted by atomic mass is 16.5. The first-order chi connectivity index (χ1) is 12.3. The van der Waals surface area contributed by atoms with Crippen molar-refractivity contribution in [1.82, 2.24) is 0 Å². The van der Waals surface area contributed by atoms with E-state index in [2.05, 4.69) is 5.32 Å². The molecular weight excluding hydrogens is 312 g/mol. The molecule has 4 nitrogen and oxygen atoms in total. The molecule has 1 fully saturated rings. The van der Waals surface area contributed by atoms with Crippen LogP contribution in [-0.4, -0.2) is 25.6 Å². The lowest BCUT2D eigenvalue weighted by Gasteiger charge is -2.34. The van der Waals surface area contributed by atoms with E-state index in [0.29, 0.717) is 6.04 Å². The number of nitrogens with zero attached hydrogens (tertiary/aromatic N) is 1. The minimum Gasteiger partial charge on any atom is -0.495 e. The van der Waals surface area contributed by atoms with Crippen LogP contribution >= 0.6 is 0 Å². The second kappa shape index (κ2) is 8.56. The molecule has 0 heterocycles. The van der Waals surface area contributed by atoms with Crippen molar-refractivity contribution in [2.75, 3.05) is 23.9 Å². The van der Waals surface area contributed by atoms with Crippen LogP contribution in [0.25, 0.3) is 0 Å². The first-order valence-corrected chi connectivity index (χ1v) is 9.03. The number of ether oxygens (including phenoxy) is 1. The van der Waals surface area contributed by atoms with Gasteiger partial charge in [-0.05, 0) is 37.1 Å². The zero-order valence-electron chi connectivity index (χ0n) is 14.8. The van der Waals surface area contributed by atoms with Gasteiger partial charge in [0.2, 0.25) is 5.91 Å². The zero-order chi connectivity index (χ0) is 17.5. The van der Waals surface area contributed by atoms with Gasteiger partial charge in [0.15, 0.2) is 0 Å². The summed E-state index contributed by atoms with van der Waals surface area (Å²) in [6, 6.07) is 18.0. The molecule has 2 aromatic rings. The Labute approximate surface area is 149 Å². The minimum atomic E-state index is 0.101. The fourth-order valence-corrected chi connectivity index (χ4v) is 3.53. The Bertz CT molecular complexity index is 681. The van der Waals surface area contributed by atoms with Crippen molar-refractivity contribution in [3.8, 4) is 5.75 Å². The van der Waals surface area contributed by atoms with Crippen molar-refractivity contribution < 1.29 is 9.53 Å². The maximum atomic E-state index is 13.0. The molecule has 0 saturated heterocycles. The number of carbonyl (C=O) groups excluding carboxylic acids is 1. The quantitative estimate of drug-likeness (QED) is 0.845. The first kappa shape index (κ1) is 17.3. The second-order valence-electron chi connectivity index (χ2n) is 6.44. The van der Waals surface area contributed by atoms with Crippen LogP contribution in [0.4, 0.5) is 11.4 Å². The van der Waals surface area contributed by atoms with Crippen molar-refractivity contribution in [2.24, 2.45) is 0 Å². The SMILES string of the molecule is COc1ccccc1NCC(=O)N(c1ccccc1)C1CCCCC1. The standard InChI is InChI=1S/C21H26N2O2/c1-25-20-15-9-8-14-19(20)22-16-21(24)23(17-10-4-2-5-11-17)18-12-6-3-7-13-18/h2,4-5,8-11,14-15,18,22H,3,6-7,12-13,16H2,1H3. The monoisotopic (exact) mass is 338 g/mol. The number of hydrogen-bond acceptors (Lipinski definition) is 3. The van der Waals surface area contributed by atoms with Crippen molar-refractivity contribution in [3.63, 3.8) is 0 Å². The van der Waals surface area contributed by atoms with Gasteiger partial charge in [-0.1, -0.05) is 49.6 Å². The molecule has 0 unspecified atom stereocenters. The maximum Gasteiger partial charge on any atom is 0.246 e. The number of nitrogens with one attached hydrogen (secondary N) is 1. The van der Waals surface area contributed by atoms with Crippen LogP contribution in [0.5, 0.6) is 5.75 Å². The Morgan fingerprint density at radius 3 is 2.44 bits per heavy atom. The normalized spacial score (nSPS) is 14.8. The highest BCUT2D eigenvalue weighted by Crippen LogP contribution is 2.28. The topological polar surface area (TPSA) is 41.6 Å². The lowest BCUT2D eigenvalue weighted by atomic mass is 9.93. The first-order valence-electron chi connectivity index (χ1n) is 9.03. The number of hydrogen-bond donors (Lipinski definition) is 1. The summed E-state index contributed by atoms with van der Waals surface area (Å²) in [7, 11) is 1.64. The van der Waals surface area contributed by atoms with Gasteiger partial charge < -0.3 is 15.0 Å². The van der Waals surface area contributed by atoms with E-state index in [4.69, 9.17) is 4.74 Å². The van der Waals surface area contributed by atoms with Gasteiger partial charge in [-0.3, -0.25) is 4.79 Å². The van der Waals surface area contributed by atoms with Crippen LogP contribution in [-0.2, 0) is 4.79 Å². The van der Waals surface area contributed by atoms with Crippen LogP contribution in [0.15, 0.2) is 54.6 Å². The maximum absolute atomic E-state index is 13.0. The van der Waals surface area contributed by atoms with E-state index in [1.54, 1.807) is 7.11 Å². The molecule has 25 heavy (non-hydrogen) atoms. The fraction of sp³-hybridized carbons (Fsp3) is 0.381. The molecule has 1 N–H and O–H groups in total. The van der Waals surface area contributed by atoms with E-state index in [1.165, 1.54) is 19.3 Å². The summed E-state index contributed by atoms with van der Waals surface area (Å²) in [5, 5.41) is 3.24. The Kier molecular flexibility index (Phi) is 5.94. The molecule has 0 bridgehead atoms. The van der Waals surface area contributed by atoms with Crippen molar-refractivity contribution >= 4 is 17.3 Å². The third-order valence-corrected chi connectivity index (χ3v) is 4.78. The molecule has 3 rings (SSSR count). The number of rotatable bonds is 6. The van der Waals surface area contributed by atoms with Crippen LogP contribution in [0.2, 0.25) is 0 Å². The molecular formula is C21H26N2O2. The molecule has 132 valence electrons. The lowest BCUT2D eigenvalue weighted by Crippen LogP contribution is -2.44. The molecule has 0 aromatic heterocycles. The zero-order valence-corrected chi connectivity index (χ0v) is 14.8. The summed E-state index contributed by atoms with van der Waals surface area (Å²) in [6.45, 7) is 0.256. The number of para-hydroxylation sites is 3. The van der Waals surface area contributed by atoms with Gasteiger partial charge in [-0.15, -0.1) is 0 Å². The summed E-state index contributed by atoms with van der Waals surface area (Å²) >= 11 is 0. The molecule has 0 atom stereocenters. The number of amides is 1. The minimum absolute atomic E-state index is 0.101. The van der Waals surface area contributed by atoms with Gasteiger partial charge in [0.05, 0.1) is 19.3 Å². The number of anilines is 2. The van der Waals surface area contributed by atoms with E-state index < -0.39 is 0 Å². The lowest BCUT2D eigenvalue weighted by molar-refractivity contribution is -0.117. The third-order valence-electron chi connectivity index (χ3n) is 4.78. The van der Waals surface area contributed by atoms with Crippen molar-refractivity contribution in [3.05, 3.63) is 54.6 Å². The van der Waals surface area contributed by atoms with Gasteiger partial charge >= 0.3 is 0 Å². The fourth-order valence-electron chi connectivity index (χ4n) is 3.53. The van der Waals surface area contributed by atoms with E-state index in [1.807, 2.05) is 59.5 Å². The smallest absolute Gasteiger partial charge is 0.246 e. The second-order valence-corrected chi connectivity index (χ2v) is 6.44. The van der Waals surface area contributed by atoms with Crippen LogP contribution < -0.4 is 15.0 Å². The molecule has 0 radical (unpaired) electrons. The Balaban J connectivity index is 1.75. The molecule has 0 aliphatic heterocycles. The number of benzene rings is 2. The molecule has 0 spiro atoms. The third kappa shape index (κ3) is 4.32. The molecule has 1 amide bonds. The van der Waals surface area contributed by atoms with Gasteiger partial charge in [0.25, 0.3) is 0 Å². The molecule has 1 aliphatic rings. The van der Waals surface area contributed by atoms with Gasteiger partial charge in [0, 0.05) is 11.7 Å². The Hall–Kier alpha value is -2.49.